The molecule has 0 saturated heterocycles. The smallest absolute Gasteiger partial charge is 0.123 e. The predicted molar refractivity (Wildman–Crippen MR) is 69.7 cm³/mol. The van der Waals surface area contributed by atoms with Crippen LogP contribution in [-0.4, -0.2) is 0 Å². The lowest BCUT2D eigenvalue weighted by molar-refractivity contribution is 0.349. The van der Waals surface area contributed by atoms with Crippen LogP contribution in [0.1, 0.15) is 45.2 Å². The molecule has 1 atom stereocenters. The molecule has 1 aromatic rings. The number of hydrogen-bond donors (Lipinski definition) is 1. The molecule has 1 rings (SSSR count). The van der Waals surface area contributed by atoms with Crippen LogP contribution >= 0.6 is 15.9 Å². The van der Waals surface area contributed by atoms with Gasteiger partial charge in [0.2, 0.25) is 0 Å². The Kier molecular flexibility index (Phi) is 4.51. The molecule has 1 nitrogen and oxygen atoms in total. The molecule has 0 aliphatic rings. The first-order valence-electron chi connectivity index (χ1n) is 5.50. The lowest BCUT2D eigenvalue weighted by atomic mass is 9.87. The van der Waals surface area contributed by atoms with Crippen LogP contribution in [-0.2, 0) is 0 Å². The van der Waals surface area contributed by atoms with Crippen molar-refractivity contribution in [3.05, 3.63) is 34.1 Å². The normalized spacial score (nSPS) is 13.9. The quantitative estimate of drug-likeness (QED) is 0.875. The van der Waals surface area contributed by atoms with Gasteiger partial charge in [-0.2, -0.15) is 0 Å². The number of nitrogens with two attached hydrogens (primary N) is 1. The number of halogens is 2. The zero-order valence-corrected chi connectivity index (χ0v) is 11.6. The highest BCUT2D eigenvalue weighted by Gasteiger charge is 2.16. The van der Waals surface area contributed by atoms with Crippen molar-refractivity contribution in [1.82, 2.24) is 0 Å². The number of rotatable bonds is 3. The van der Waals surface area contributed by atoms with Gasteiger partial charge in [-0.05, 0) is 42.0 Å². The molecule has 0 radical (unpaired) electrons. The fraction of sp³-hybridized carbons (Fsp3) is 0.538. The van der Waals surface area contributed by atoms with E-state index in [4.69, 9.17) is 5.73 Å². The Balaban J connectivity index is 2.73. The van der Waals surface area contributed by atoms with Crippen molar-refractivity contribution in [3.8, 4) is 0 Å². The standard InChI is InChI=1S/C13H19BrFN/c1-13(2,3)7-6-12(16)10-8-9(15)4-5-11(10)14/h4-5,8,12H,6-7,16H2,1-3H3. The molecular weight excluding hydrogens is 269 g/mol. The molecule has 0 aliphatic heterocycles. The molecular formula is C13H19BrFN. The van der Waals surface area contributed by atoms with Crippen LogP contribution in [0.25, 0.3) is 0 Å². The summed E-state index contributed by atoms with van der Waals surface area (Å²) >= 11 is 3.40. The van der Waals surface area contributed by atoms with Crippen LogP contribution in [0.15, 0.2) is 22.7 Å². The SMILES string of the molecule is CC(C)(C)CCC(N)c1cc(F)ccc1Br. The van der Waals surface area contributed by atoms with Crippen LogP contribution in [0, 0.1) is 11.2 Å². The van der Waals surface area contributed by atoms with Crippen LogP contribution in [0.4, 0.5) is 4.39 Å². The molecule has 0 fully saturated rings. The van der Waals surface area contributed by atoms with Crippen LogP contribution in [0.2, 0.25) is 0 Å². The lowest BCUT2D eigenvalue weighted by Crippen LogP contribution is -2.15. The summed E-state index contributed by atoms with van der Waals surface area (Å²) in [7, 11) is 0. The first-order valence-corrected chi connectivity index (χ1v) is 6.29. The topological polar surface area (TPSA) is 26.0 Å². The van der Waals surface area contributed by atoms with E-state index in [9.17, 15) is 4.39 Å². The minimum absolute atomic E-state index is 0.107. The molecule has 1 unspecified atom stereocenters. The third-order valence-electron chi connectivity index (χ3n) is 2.56. The number of hydrogen-bond acceptors (Lipinski definition) is 1. The molecule has 2 N–H and O–H groups in total. The summed E-state index contributed by atoms with van der Waals surface area (Å²) in [5.41, 5.74) is 7.19. The maximum absolute atomic E-state index is 13.1. The second-order valence-electron chi connectivity index (χ2n) is 5.37. The number of benzene rings is 1. The maximum atomic E-state index is 13.1. The van der Waals surface area contributed by atoms with Gasteiger partial charge in [-0.25, -0.2) is 4.39 Å². The summed E-state index contributed by atoms with van der Waals surface area (Å²) in [5, 5.41) is 0. The van der Waals surface area contributed by atoms with Gasteiger partial charge in [-0.1, -0.05) is 36.7 Å². The van der Waals surface area contributed by atoms with Gasteiger partial charge in [0, 0.05) is 10.5 Å². The maximum Gasteiger partial charge on any atom is 0.123 e. The Bertz CT molecular complexity index is 357. The van der Waals surface area contributed by atoms with Gasteiger partial charge in [0.1, 0.15) is 5.82 Å². The van der Waals surface area contributed by atoms with E-state index in [1.165, 1.54) is 12.1 Å². The summed E-state index contributed by atoms with van der Waals surface area (Å²) in [5.74, 6) is -0.232. The zero-order valence-electron chi connectivity index (χ0n) is 10.1. The molecule has 90 valence electrons. The van der Waals surface area contributed by atoms with E-state index in [0.29, 0.717) is 0 Å². The highest BCUT2D eigenvalue weighted by atomic mass is 79.9. The molecule has 0 heterocycles. The van der Waals surface area contributed by atoms with Crippen molar-refractivity contribution < 1.29 is 4.39 Å². The van der Waals surface area contributed by atoms with Gasteiger partial charge < -0.3 is 5.73 Å². The van der Waals surface area contributed by atoms with Gasteiger partial charge >= 0.3 is 0 Å². The second kappa shape index (κ2) is 5.28. The van der Waals surface area contributed by atoms with Crippen LogP contribution in [0.3, 0.4) is 0 Å². The van der Waals surface area contributed by atoms with E-state index in [2.05, 4.69) is 36.7 Å². The molecule has 0 bridgehead atoms. The molecule has 1 aromatic carbocycles. The third-order valence-corrected chi connectivity index (χ3v) is 3.29. The fourth-order valence-electron chi connectivity index (χ4n) is 1.54. The van der Waals surface area contributed by atoms with Gasteiger partial charge in [0.15, 0.2) is 0 Å². The van der Waals surface area contributed by atoms with E-state index in [0.717, 1.165) is 22.9 Å². The molecule has 0 spiro atoms. The van der Waals surface area contributed by atoms with E-state index in [-0.39, 0.29) is 17.3 Å². The van der Waals surface area contributed by atoms with Crippen molar-refractivity contribution in [2.75, 3.05) is 0 Å². The van der Waals surface area contributed by atoms with Gasteiger partial charge in [-0.3, -0.25) is 0 Å². The lowest BCUT2D eigenvalue weighted by Gasteiger charge is -2.21. The van der Waals surface area contributed by atoms with Crippen molar-refractivity contribution in [1.29, 1.82) is 0 Å². The van der Waals surface area contributed by atoms with Crippen molar-refractivity contribution in [2.45, 2.75) is 39.7 Å². The average molecular weight is 288 g/mol. The Morgan fingerprint density at radius 3 is 2.56 bits per heavy atom. The van der Waals surface area contributed by atoms with Crippen molar-refractivity contribution in [2.24, 2.45) is 11.1 Å². The Hall–Kier alpha value is -0.410. The fourth-order valence-corrected chi connectivity index (χ4v) is 2.08. The highest BCUT2D eigenvalue weighted by molar-refractivity contribution is 9.10. The first-order chi connectivity index (χ1) is 7.29. The summed E-state index contributed by atoms with van der Waals surface area (Å²) in [6.45, 7) is 6.54. The molecule has 16 heavy (non-hydrogen) atoms. The highest BCUT2D eigenvalue weighted by Crippen LogP contribution is 2.29. The molecule has 3 heteroatoms. The first kappa shape index (κ1) is 13.7. The predicted octanol–water partition coefficient (Wildman–Crippen LogP) is 4.41. The second-order valence-corrected chi connectivity index (χ2v) is 6.23. The van der Waals surface area contributed by atoms with E-state index < -0.39 is 0 Å². The van der Waals surface area contributed by atoms with E-state index >= 15 is 0 Å². The molecule has 0 amide bonds. The third kappa shape index (κ3) is 4.22. The molecule has 0 saturated carbocycles. The summed E-state index contributed by atoms with van der Waals surface area (Å²) in [6, 6.07) is 4.55. The minimum atomic E-state index is -0.232. The summed E-state index contributed by atoms with van der Waals surface area (Å²) in [6.07, 6.45) is 1.89. The van der Waals surface area contributed by atoms with Gasteiger partial charge in [0.05, 0.1) is 0 Å². The zero-order chi connectivity index (χ0) is 12.3. The Morgan fingerprint density at radius 1 is 1.38 bits per heavy atom. The van der Waals surface area contributed by atoms with E-state index in [1.807, 2.05) is 0 Å². The van der Waals surface area contributed by atoms with Crippen molar-refractivity contribution in [3.63, 3.8) is 0 Å². The van der Waals surface area contributed by atoms with Crippen LogP contribution < -0.4 is 5.73 Å². The van der Waals surface area contributed by atoms with Crippen LogP contribution in [0.5, 0.6) is 0 Å². The Labute approximate surface area is 105 Å². The van der Waals surface area contributed by atoms with Gasteiger partial charge in [0.25, 0.3) is 0 Å². The minimum Gasteiger partial charge on any atom is -0.324 e. The van der Waals surface area contributed by atoms with Gasteiger partial charge in [-0.15, -0.1) is 0 Å². The van der Waals surface area contributed by atoms with E-state index in [1.54, 1.807) is 6.07 Å². The molecule has 0 aliphatic carbocycles. The average Bonchev–Trinajstić information content (AvgIpc) is 2.17. The summed E-state index contributed by atoms with van der Waals surface area (Å²) in [4.78, 5) is 0. The Morgan fingerprint density at radius 2 is 2.00 bits per heavy atom. The molecule has 0 aromatic heterocycles. The largest absolute Gasteiger partial charge is 0.324 e. The monoisotopic (exact) mass is 287 g/mol. The van der Waals surface area contributed by atoms with Crippen molar-refractivity contribution >= 4 is 15.9 Å². The summed E-state index contributed by atoms with van der Waals surface area (Å²) < 4.78 is 14.0.